The molecule has 0 amide bonds. The minimum atomic E-state index is -1.56. The summed E-state index contributed by atoms with van der Waals surface area (Å²) < 4.78 is 43.7. The summed E-state index contributed by atoms with van der Waals surface area (Å²) in [5, 5.41) is 21.2. The summed E-state index contributed by atoms with van der Waals surface area (Å²) in [5.74, 6) is -4.17. The number of carboxylic acid groups (broad SMARTS) is 1. The van der Waals surface area contributed by atoms with Crippen LogP contribution in [0.2, 0.25) is 0 Å². The molecule has 0 radical (unpaired) electrons. The number of oxime groups is 1. The summed E-state index contributed by atoms with van der Waals surface area (Å²) >= 11 is 0. The number of rotatable bonds is 3. The second kappa shape index (κ2) is 7.21. The Morgan fingerprint density at radius 1 is 1.07 bits per heavy atom. The van der Waals surface area contributed by atoms with Gasteiger partial charge in [-0.2, -0.15) is 0 Å². The summed E-state index contributed by atoms with van der Waals surface area (Å²) in [5.41, 5.74) is -1.27. The molecule has 0 atom stereocenters. The predicted molar refractivity (Wildman–Crippen MR) is 102 cm³/mol. The first-order valence-electron chi connectivity index (χ1n) is 8.82. The van der Waals surface area contributed by atoms with Crippen molar-refractivity contribution in [3.05, 3.63) is 69.8 Å². The van der Waals surface area contributed by atoms with Crippen LogP contribution in [0.3, 0.4) is 0 Å². The monoisotopic (exact) mass is 417 g/mol. The number of hydrogen-bond donors (Lipinski definition) is 2. The maximum absolute atomic E-state index is 14.8. The van der Waals surface area contributed by atoms with Crippen LogP contribution in [0.4, 0.5) is 18.9 Å². The summed E-state index contributed by atoms with van der Waals surface area (Å²) in [6.45, 7) is 0.505. The second-order valence-corrected chi connectivity index (χ2v) is 6.80. The highest BCUT2D eigenvalue weighted by Gasteiger charge is 2.24. The lowest BCUT2D eigenvalue weighted by atomic mass is 10.1. The van der Waals surface area contributed by atoms with Crippen LogP contribution in [0.25, 0.3) is 16.6 Å². The van der Waals surface area contributed by atoms with Crippen molar-refractivity contribution >= 4 is 28.3 Å². The van der Waals surface area contributed by atoms with Gasteiger partial charge in [-0.05, 0) is 24.3 Å². The highest BCUT2D eigenvalue weighted by atomic mass is 19.1. The number of hydrogen-bond acceptors (Lipinski definition) is 5. The number of anilines is 1. The average molecular weight is 417 g/mol. The molecule has 0 spiro atoms. The molecule has 30 heavy (non-hydrogen) atoms. The van der Waals surface area contributed by atoms with Crippen LogP contribution >= 0.6 is 0 Å². The molecular weight excluding hydrogens is 403 g/mol. The van der Waals surface area contributed by atoms with Crippen molar-refractivity contribution in [2.24, 2.45) is 5.16 Å². The van der Waals surface area contributed by atoms with E-state index in [1.165, 1.54) is 6.07 Å². The van der Waals surface area contributed by atoms with Gasteiger partial charge in [-0.25, -0.2) is 18.0 Å². The molecule has 10 heteroatoms. The molecule has 0 saturated carbocycles. The molecule has 1 aliphatic heterocycles. The SMILES string of the molecule is O=C(O)c1cn(-c2ccc(F)cc2F)c2cc(N3CC/C(=N/O)C3)c(F)cc2c1=O. The van der Waals surface area contributed by atoms with Crippen LogP contribution in [0.5, 0.6) is 0 Å². The quantitative estimate of drug-likeness (QED) is 0.504. The Morgan fingerprint density at radius 3 is 2.43 bits per heavy atom. The maximum Gasteiger partial charge on any atom is 0.341 e. The van der Waals surface area contributed by atoms with Crippen molar-refractivity contribution in [3.8, 4) is 5.69 Å². The van der Waals surface area contributed by atoms with E-state index in [9.17, 15) is 27.9 Å². The van der Waals surface area contributed by atoms with Gasteiger partial charge < -0.3 is 19.8 Å². The zero-order valence-electron chi connectivity index (χ0n) is 15.3. The number of fused-ring (bicyclic) bond motifs is 1. The fourth-order valence-electron chi connectivity index (χ4n) is 3.53. The van der Waals surface area contributed by atoms with E-state index in [0.29, 0.717) is 24.7 Å². The summed E-state index contributed by atoms with van der Waals surface area (Å²) in [6, 6.07) is 4.88. The molecule has 7 nitrogen and oxygen atoms in total. The van der Waals surface area contributed by atoms with Crippen molar-refractivity contribution in [1.82, 2.24) is 4.57 Å². The number of carbonyl (C=O) groups is 1. The molecule has 2 aromatic carbocycles. The second-order valence-electron chi connectivity index (χ2n) is 6.80. The van der Waals surface area contributed by atoms with Crippen LogP contribution in [0.15, 0.2) is 46.5 Å². The molecule has 154 valence electrons. The topological polar surface area (TPSA) is 95.1 Å². The van der Waals surface area contributed by atoms with E-state index in [1.807, 2.05) is 0 Å². The van der Waals surface area contributed by atoms with Crippen LogP contribution < -0.4 is 10.3 Å². The molecule has 0 bridgehead atoms. The standard InChI is InChI=1S/C20H14F3N3O4/c21-10-1-2-16(14(22)5-10)26-9-13(20(28)29)19(27)12-6-15(23)18(7-17(12)26)25-4-3-11(8-25)24-30/h1-2,5-7,9,30H,3-4,8H2,(H,28,29)/b24-11-. The molecule has 1 fully saturated rings. The average Bonchev–Trinajstić information content (AvgIpc) is 3.17. The lowest BCUT2D eigenvalue weighted by Gasteiger charge is -2.20. The summed E-state index contributed by atoms with van der Waals surface area (Å²) in [6.07, 6.45) is 1.33. The highest BCUT2D eigenvalue weighted by molar-refractivity contribution is 5.96. The number of nitrogens with zero attached hydrogens (tertiary/aromatic N) is 3. The highest BCUT2D eigenvalue weighted by Crippen LogP contribution is 2.29. The molecule has 3 aromatic rings. The van der Waals surface area contributed by atoms with Gasteiger partial charge in [0, 0.05) is 30.6 Å². The zero-order valence-corrected chi connectivity index (χ0v) is 15.3. The molecule has 0 aliphatic carbocycles. The first-order chi connectivity index (χ1) is 14.3. The van der Waals surface area contributed by atoms with Crippen molar-refractivity contribution in [2.75, 3.05) is 18.0 Å². The molecule has 1 aromatic heterocycles. The smallest absolute Gasteiger partial charge is 0.341 e. The number of halogens is 3. The van der Waals surface area contributed by atoms with Gasteiger partial charge in [-0.1, -0.05) is 5.16 Å². The summed E-state index contributed by atoms with van der Waals surface area (Å²) in [7, 11) is 0. The molecule has 1 aliphatic rings. The van der Waals surface area contributed by atoms with E-state index < -0.39 is 34.4 Å². The minimum absolute atomic E-state index is 0.0429. The Hall–Kier alpha value is -3.82. The first kappa shape index (κ1) is 19.5. The fourth-order valence-corrected chi connectivity index (χ4v) is 3.53. The maximum atomic E-state index is 14.8. The van der Waals surface area contributed by atoms with E-state index in [1.54, 1.807) is 4.90 Å². The molecule has 4 rings (SSSR count). The van der Waals surface area contributed by atoms with Gasteiger partial charge in [0.15, 0.2) is 0 Å². The Morgan fingerprint density at radius 2 is 1.80 bits per heavy atom. The van der Waals surface area contributed by atoms with Crippen molar-refractivity contribution in [2.45, 2.75) is 6.42 Å². The normalized spacial score (nSPS) is 15.3. The Kier molecular flexibility index (Phi) is 4.69. The molecule has 2 heterocycles. The number of aromatic carboxylic acids is 1. The van der Waals surface area contributed by atoms with Gasteiger partial charge in [-0.3, -0.25) is 4.79 Å². The van der Waals surface area contributed by atoms with Gasteiger partial charge in [0.2, 0.25) is 5.43 Å². The lowest BCUT2D eigenvalue weighted by molar-refractivity contribution is 0.0695. The minimum Gasteiger partial charge on any atom is -0.477 e. The molecule has 0 unspecified atom stereocenters. The van der Waals surface area contributed by atoms with Gasteiger partial charge in [0.1, 0.15) is 23.0 Å². The van der Waals surface area contributed by atoms with Crippen LogP contribution in [0, 0.1) is 17.5 Å². The largest absolute Gasteiger partial charge is 0.477 e. The Labute approximate surface area is 166 Å². The molecular formula is C20H14F3N3O4. The van der Waals surface area contributed by atoms with Crippen molar-refractivity contribution in [1.29, 1.82) is 0 Å². The first-order valence-corrected chi connectivity index (χ1v) is 8.82. The number of aromatic nitrogens is 1. The zero-order chi connectivity index (χ0) is 21.6. The van der Waals surface area contributed by atoms with E-state index in [4.69, 9.17) is 5.21 Å². The molecule has 2 N–H and O–H groups in total. The Bertz CT molecular complexity index is 1290. The predicted octanol–water partition coefficient (Wildman–Crippen LogP) is 3.15. The van der Waals surface area contributed by atoms with E-state index in [0.717, 1.165) is 29.0 Å². The van der Waals surface area contributed by atoms with E-state index in [-0.39, 0.29) is 28.8 Å². The number of benzene rings is 2. The molecule has 1 saturated heterocycles. The van der Waals surface area contributed by atoms with Crippen molar-refractivity contribution in [3.63, 3.8) is 0 Å². The lowest BCUT2D eigenvalue weighted by Crippen LogP contribution is -2.23. The van der Waals surface area contributed by atoms with Gasteiger partial charge in [-0.15, -0.1) is 0 Å². The van der Waals surface area contributed by atoms with E-state index in [2.05, 4.69) is 5.16 Å². The van der Waals surface area contributed by atoms with Crippen LogP contribution in [0.1, 0.15) is 16.8 Å². The van der Waals surface area contributed by atoms with Gasteiger partial charge in [0.05, 0.1) is 29.1 Å². The third-order valence-electron chi connectivity index (χ3n) is 5.00. The van der Waals surface area contributed by atoms with E-state index >= 15 is 0 Å². The van der Waals surface area contributed by atoms with Crippen molar-refractivity contribution < 1.29 is 28.3 Å². The number of carboxylic acids is 1. The Balaban J connectivity index is 2.03. The van der Waals surface area contributed by atoms with Gasteiger partial charge >= 0.3 is 5.97 Å². The summed E-state index contributed by atoms with van der Waals surface area (Å²) in [4.78, 5) is 25.7. The van der Waals surface area contributed by atoms with Crippen LogP contribution in [-0.2, 0) is 0 Å². The third kappa shape index (κ3) is 3.15. The van der Waals surface area contributed by atoms with Gasteiger partial charge in [0.25, 0.3) is 0 Å². The van der Waals surface area contributed by atoms with Crippen LogP contribution in [-0.4, -0.2) is 39.7 Å². The third-order valence-corrected chi connectivity index (χ3v) is 5.00. The number of pyridine rings is 1. The fraction of sp³-hybridized carbons (Fsp3) is 0.150.